The van der Waals surface area contributed by atoms with Crippen LogP contribution in [0.15, 0.2) is 60.7 Å². The number of amides is 1. The Bertz CT molecular complexity index is 652. The average Bonchev–Trinajstić information content (AvgIpc) is 2.68. The van der Waals surface area contributed by atoms with Crippen molar-refractivity contribution in [1.29, 1.82) is 0 Å². The molecule has 0 saturated carbocycles. The van der Waals surface area contributed by atoms with Gasteiger partial charge in [0.05, 0.1) is 6.10 Å². The molecule has 1 atom stereocenters. The van der Waals surface area contributed by atoms with E-state index in [9.17, 15) is 9.90 Å². The second kappa shape index (κ2) is 8.79. The van der Waals surface area contributed by atoms with Crippen molar-refractivity contribution in [3.63, 3.8) is 0 Å². The molecule has 2 aromatic carbocycles. The molecule has 3 rings (SSSR count). The number of nitrogens with zero attached hydrogens (tertiary/aromatic N) is 2. The van der Waals surface area contributed by atoms with Crippen LogP contribution < -0.4 is 0 Å². The first-order chi connectivity index (χ1) is 12.2. The van der Waals surface area contributed by atoms with Crippen LogP contribution >= 0.6 is 0 Å². The molecule has 0 aromatic heterocycles. The molecule has 0 radical (unpaired) electrons. The number of carbonyl (C=O) groups excluding carboxylic acids is 1. The summed E-state index contributed by atoms with van der Waals surface area (Å²) in [6, 6.07) is 19.9. The van der Waals surface area contributed by atoms with Gasteiger partial charge in [-0.3, -0.25) is 9.69 Å². The van der Waals surface area contributed by atoms with E-state index < -0.39 is 6.10 Å². The lowest BCUT2D eigenvalue weighted by Gasteiger charge is -2.35. The van der Waals surface area contributed by atoms with Crippen LogP contribution in [0.5, 0.6) is 0 Å². The molecule has 4 heteroatoms. The SMILES string of the molecule is O=C(CCc1ccccc1)N1CCN(C[C@@H](O)c2ccccc2)CC1. The number of benzene rings is 2. The molecule has 0 bridgehead atoms. The lowest BCUT2D eigenvalue weighted by atomic mass is 10.1. The van der Waals surface area contributed by atoms with Crippen LogP contribution in [0, 0.1) is 0 Å². The number of aliphatic hydroxyl groups excluding tert-OH is 1. The number of aliphatic hydroxyl groups is 1. The molecule has 1 fully saturated rings. The fourth-order valence-corrected chi connectivity index (χ4v) is 3.26. The van der Waals surface area contributed by atoms with Gasteiger partial charge in [0.25, 0.3) is 0 Å². The Morgan fingerprint density at radius 1 is 0.920 bits per heavy atom. The van der Waals surface area contributed by atoms with Crippen LogP contribution in [0.4, 0.5) is 0 Å². The van der Waals surface area contributed by atoms with Crippen LogP contribution in [-0.2, 0) is 11.2 Å². The summed E-state index contributed by atoms with van der Waals surface area (Å²) in [7, 11) is 0. The van der Waals surface area contributed by atoms with Gasteiger partial charge >= 0.3 is 0 Å². The van der Waals surface area contributed by atoms with E-state index in [0.29, 0.717) is 13.0 Å². The van der Waals surface area contributed by atoms with Crippen molar-refractivity contribution < 1.29 is 9.90 Å². The zero-order valence-corrected chi connectivity index (χ0v) is 14.6. The lowest BCUT2D eigenvalue weighted by molar-refractivity contribution is -0.133. The van der Waals surface area contributed by atoms with Gasteiger partial charge in [-0.15, -0.1) is 0 Å². The molecule has 132 valence electrons. The van der Waals surface area contributed by atoms with E-state index in [1.807, 2.05) is 53.4 Å². The maximum atomic E-state index is 12.4. The van der Waals surface area contributed by atoms with Crippen LogP contribution in [0.1, 0.15) is 23.7 Å². The maximum absolute atomic E-state index is 12.4. The molecule has 0 spiro atoms. The van der Waals surface area contributed by atoms with Crippen molar-refractivity contribution in [3.8, 4) is 0 Å². The summed E-state index contributed by atoms with van der Waals surface area (Å²) < 4.78 is 0. The van der Waals surface area contributed by atoms with E-state index in [-0.39, 0.29) is 5.91 Å². The van der Waals surface area contributed by atoms with Gasteiger partial charge in [-0.1, -0.05) is 60.7 Å². The molecule has 0 aliphatic carbocycles. The van der Waals surface area contributed by atoms with Gasteiger partial charge < -0.3 is 10.0 Å². The molecule has 1 N–H and O–H groups in total. The van der Waals surface area contributed by atoms with E-state index in [1.54, 1.807) is 0 Å². The second-order valence-corrected chi connectivity index (χ2v) is 6.59. The highest BCUT2D eigenvalue weighted by molar-refractivity contribution is 5.76. The molecular formula is C21H26N2O2. The molecule has 1 heterocycles. The zero-order valence-electron chi connectivity index (χ0n) is 14.6. The van der Waals surface area contributed by atoms with Crippen LogP contribution in [0.25, 0.3) is 0 Å². The van der Waals surface area contributed by atoms with E-state index >= 15 is 0 Å². The number of hydrogen-bond acceptors (Lipinski definition) is 3. The standard InChI is InChI=1S/C21H26N2O2/c24-20(19-9-5-2-6-10-19)17-22-13-15-23(16-14-22)21(25)12-11-18-7-3-1-4-8-18/h1-10,20,24H,11-17H2/t20-/m1/s1. The van der Waals surface area contributed by atoms with Crippen molar-refractivity contribution in [1.82, 2.24) is 9.80 Å². The Morgan fingerprint density at radius 2 is 1.52 bits per heavy atom. The predicted molar refractivity (Wildman–Crippen MR) is 99.2 cm³/mol. The first kappa shape index (κ1) is 17.6. The second-order valence-electron chi connectivity index (χ2n) is 6.59. The Hall–Kier alpha value is -2.17. The van der Waals surface area contributed by atoms with Crippen molar-refractivity contribution in [2.45, 2.75) is 18.9 Å². The number of hydrogen-bond donors (Lipinski definition) is 1. The third kappa shape index (κ3) is 5.15. The number of aryl methyl sites for hydroxylation is 1. The van der Waals surface area contributed by atoms with Crippen LogP contribution in [-0.4, -0.2) is 53.5 Å². The van der Waals surface area contributed by atoms with E-state index in [1.165, 1.54) is 5.56 Å². The lowest BCUT2D eigenvalue weighted by Crippen LogP contribution is -2.49. The van der Waals surface area contributed by atoms with E-state index in [0.717, 1.165) is 38.2 Å². The third-order valence-corrected chi connectivity index (χ3v) is 4.81. The highest BCUT2D eigenvalue weighted by atomic mass is 16.3. The summed E-state index contributed by atoms with van der Waals surface area (Å²) in [6.07, 6.45) is 0.894. The van der Waals surface area contributed by atoms with Crippen molar-refractivity contribution in [2.75, 3.05) is 32.7 Å². The molecule has 4 nitrogen and oxygen atoms in total. The Morgan fingerprint density at radius 3 is 2.16 bits per heavy atom. The van der Waals surface area contributed by atoms with E-state index in [2.05, 4.69) is 17.0 Å². The van der Waals surface area contributed by atoms with Gasteiger partial charge in [-0.05, 0) is 17.5 Å². The van der Waals surface area contributed by atoms with Gasteiger partial charge in [-0.25, -0.2) is 0 Å². The average molecular weight is 338 g/mol. The first-order valence-electron chi connectivity index (χ1n) is 8.99. The molecule has 2 aromatic rings. The van der Waals surface area contributed by atoms with Crippen molar-refractivity contribution >= 4 is 5.91 Å². The van der Waals surface area contributed by atoms with Crippen molar-refractivity contribution in [3.05, 3.63) is 71.8 Å². The van der Waals surface area contributed by atoms with Gasteiger partial charge in [-0.2, -0.15) is 0 Å². The number of carbonyl (C=O) groups is 1. The summed E-state index contributed by atoms with van der Waals surface area (Å²) in [5.41, 5.74) is 2.16. The van der Waals surface area contributed by atoms with Crippen molar-refractivity contribution in [2.24, 2.45) is 0 Å². The predicted octanol–water partition coefficient (Wildman–Crippen LogP) is 2.50. The first-order valence-corrected chi connectivity index (χ1v) is 8.99. The van der Waals surface area contributed by atoms with Crippen LogP contribution in [0.3, 0.4) is 0 Å². The molecular weight excluding hydrogens is 312 g/mol. The zero-order chi connectivity index (χ0) is 17.5. The highest BCUT2D eigenvalue weighted by Crippen LogP contribution is 2.15. The van der Waals surface area contributed by atoms with Gasteiger partial charge in [0, 0.05) is 39.1 Å². The third-order valence-electron chi connectivity index (χ3n) is 4.81. The fourth-order valence-electron chi connectivity index (χ4n) is 3.26. The Kier molecular flexibility index (Phi) is 6.20. The monoisotopic (exact) mass is 338 g/mol. The number of piperazine rings is 1. The molecule has 1 amide bonds. The Labute approximate surface area is 149 Å². The van der Waals surface area contributed by atoms with Gasteiger partial charge in [0.1, 0.15) is 0 Å². The quantitative estimate of drug-likeness (QED) is 0.880. The Balaban J connectivity index is 1.41. The highest BCUT2D eigenvalue weighted by Gasteiger charge is 2.22. The largest absolute Gasteiger partial charge is 0.387 e. The summed E-state index contributed by atoms with van der Waals surface area (Å²) >= 11 is 0. The number of rotatable bonds is 6. The molecule has 0 unspecified atom stereocenters. The summed E-state index contributed by atoms with van der Waals surface area (Å²) in [5, 5.41) is 10.3. The molecule has 1 saturated heterocycles. The minimum absolute atomic E-state index is 0.229. The smallest absolute Gasteiger partial charge is 0.222 e. The fraction of sp³-hybridized carbons (Fsp3) is 0.381. The molecule has 1 aliphatic heterocycles. The summed E-state index contributed by atoms with van der Waals surface area (Å²) in [6.45, 7) is 3.75. The minimum Gasteiger partial charge on any atom is -0.387 e. The summed E-state index contributed by atoms with van der Waals surface area (Å²) in [5.74, 6) is 0.229. The molecule has 1 aliphatic rings. The molecule has 25 heavy (non-hydrogen) atoms. The van der Waals surface area contributed by atoms with E-state index in [4.69, 9.17) is 0 Å². The van der Waals surface area contributed by atoms with Gasteiger partial charge in [0.15, 0.2) is 0 Å². The van der Waals surface area contributed by atoms with Gasteiger partial charge in [0.2, 0.25) is 5.91 Å². The number of β-amino-alcohol motifs (C(OH)–C–C–N with tert-alkyl or cyclic N) is 1. The maximum Gasteiger partial charge on any atom is 0.222 e. The van der Waals surface area contributed by atoms with Crippen LogP contribution in [0.2, 0.25) is 0 Å². The minimum atomic E-state index is -0.471. The normalized spacial score (nSPS) is 16.6. The topological polar surface area (TPSA) is 43.8 Å². The summed E-state index contributed by atoms with van der Waals surface area (Å²) in [4.78, 5) is 16.6.